The molecule has 0 saturated heterocycles. The number of nitro groups is 1. The number of thiazole rings is 1. The van der Waals surface area contributed by atoms with Crippen molar-refractivity contribution in [3.05, 3.63) is 56.6 Å². The van der Waals surface area contributed by atoms with Gasteiger partial charge in [-0.1, -0.05) is 29.0 Å². The van der Waals surface area contributed by atoms with Crippen molar-refractivity contribution < 1.29 is 14.5 Å². The van der Waals surface area contributed by atoms with Crippen LogP contribution in [0.4, 0.5) is 10.8 Å². The lowest BCUT2D eigenvalue weighted by Gasteiger charge is -2.05. The van der Waals surface area contributed by atoms with Crippen LogP contribution in [0.3, 0.4) is 0 Å². The summed E-state index contributed by atoms with van der Waals surface area (Å²) in [5.41, 5.74) is 0.945. The number of nitrogens with zero attached hydrogens (tertiary/aromatic N) is 2. The van der Waals surface area contributed by atoms with E-state index in [1.54, 1.807) is 12.1 Å². The van der Waals surface area contributed by atoms with Crippen LogP contribution in [0.5, 0.6) is 5.75 Å². The third-order valence-corrected chi connectivity index (χ3v) is 5.08. The first-order chi connectivity index (χ1) is 11.9. The summed E-state index contributed by atoms with van der Waals surface area (Å²) in [6, 6.07) is 7.74. The number of carbonyl (C=O) groups is 1. The van der Waals surface area contributed by atoms with Crippen LogP contribution < -0.4 is 10.1 Å². The van der Waals surface area contributed by atoms with Gasteiger partial charge >= 0.3 is 0 Å². The molecule has 1 N–H and O–H groups in total. The Kier molecular flexibility index (Phi) is 4.56. The highest BCUT2D eigenvalue weighted by molar-refractivity contribution is 7.23. The second-order valence-corrected chi connectivity index (χ2v) is 6.51. The van der Waals surface area contributed by atoms with E-state index in [4.69, 9.17) is 16.3 Å². The van der Waals surface area contributed by atoms with E-state index in [0.717, 1.165) is 0 Å². The van der Waals surface area contributed by atoms with E-state index in [1.165, 1.54) is 43.6 Å². The molecule has 7 nitrogen and oxygen atoms in total. The summed E-state index contributed by atoms with van der Waals surface area (Å²) in [4.78, 5) is 27.3. The number of nitrogens with one attached hydrogen (secondary N) is 1. The van der Waals surface area contributed by atoms with Crippen LogP contribution in [-0.2, 0) is 0 Å². The largest absolute Gasteiger partial charge is 0.494 e. The number of anilines is 1. The fourth-order valence-corrected chi connectivity index (χ4v) is 3.55. The number of hydrogen-bond donors (Lipinski definition) is 1. The van der Waals surface area contributed by atoms with Crippen molar-refractivity contribution in [1.82, 2.24) is 4.98 Å². The Hall–Kier alpha value is -2.71. The van der Waals surface area contributed by atoms with Gasteiger partial charge in [-0.2, -0.15) is 0 Å². The summed E-state index contributed by atoms with van der Waals surface area (Å²) in [6.45, 7) is 1.53. The molecule has 1 aromatic heterocycles. The number of fused-ring (bicyclic) bond motifs is 1. The Morgan fingerprint density at radius 3 is 2.80 bits per heavy atom. The molecular weight excluding hydrogens is 366 g/mol. The summed E-state index contributed by atoms with van der Waals surface area (Å²) < 4.78 is 5.93. The van der Waals surface area contributed by atoms with Crippen molar-refractivity contribution in [3.8, 4) is 5.75 Å². The Labute approximate surface area is 151 Å². The summed E-state index contributed by atoms with van der Waals surface area (Å²) in [5.74, 6) is 0.0676. The van der Waals surface area contributed by atoms with Gasteiger partial charge in [0.25, 0.3) is 11.6 Å². The zero-order valence-corrected chi connectivity index (χ0v) is 14.8. The van der Waals surface area contributed by atoms with Gasteiger partial charge in [-0.3, -0.25) is 20.2 Å². The van der Waals surface area contributed by atoms with Gasteiger partial charge in [0.05, 0.1) is 21.8 Å². The quantitative estimate of drug-likeness (QED) is 0.536. The average Bonchev–Trinajstić information content (AvgIpc) is 2.99. The number of benzene rings is 2. The number of carbonyl (C=O) groups excluding carboxylic acids is 1. The molecule has 3 rings (SSSR count). The van der Waals surface area contributed by atoms with E-state index in [9.17, 15) is 14.9 Å². The first-order valence-electron chi connectivity index (χ1n) is 7.10. The second-order valence-electron chi connectivity index (χ2n) is 5.11. The third kappa shape index (κ3) is 3.13. The van der Waals surface area contributed by atoms with Crippen molar-refractivity contribution in [1.29, 1.82) is 0 Å². The molecule has 0 unspecified atom stereocenters. The van der Waals surface area contributed by atoms with Gasteiger partial charge in [0.15, 0.2) is 5.13 Å². The first kappa shape index (κ1) is 17.1. The molecular formula is C16H12ClN3O4S. The Bertz CT molecular complexity index is 1000. The number of aromatic nitrogens is 1. The first-order valence-corrected chi connectivity index (χ1v) is 8.30. The van der Waals surface area contributed by atoms with Crippen LogP contribution >= 0.6 is 22.9 Å². The number of rotatable bonds is 4. The molecule has 0 bridgehead atoms. The molecule has 0 saturated carbocycles. The fourth-order valence-electron chi connectivity index (χ4n) is 2.40. The van der Waals surface area contributed by atoms with E-state index in [1.807, 2.05) is 0 Å². The average molecular weight is 378 g/mol. The van der Waals surface area contributed by atoms with Crippen LogP contribution in [0.15, 0.2) is 30.3 Å². The Morgan fingerprint density at radius 2 is 2.12 bits per heavy atom. The molecule has 1 heterocycles. The van der Waals surface area contributed by atoms with Crippen LogP contribution in [-0.4, -0.2) is 22.9 Å². The number of methoxy groups -OCH3 is 1. The zero-order valence-electron chi connectivity index (χ0n) is 13.2. The number of nitro benzene ring substituents is 1. The van der Waals surface area contributed by atoms with Crippen LogP contribution in [0.2, 0.25) is 5.02 Å². The molecule has 0 aliphatic carbocycles. The SMILES string of the molecule is COc1ccc(Cl)c2sc(NC(=O)c3cccc([N+](=O)[O-])c3C)nc12. The molecule has 0 aliphatic rings. The number of amides is 1. The third-order valence-electron chi connectivity index (χ3n) is 3.65. The number of hydrogen-bond acceptors (Lipinski definition) is 6. The molecule has 0 aliphatic heterocycles. The topological polar surface area (TPSA) is 94.4 Å². The lowest BCUT2D eigenvalue weighted by Crippen LogP contribution is -2.13. The lowest BCUT2D eigenvalue weighted by atomic mass is 10.1. The molecule has 0 spiro atoms. The van der Waals surface area contributed by atoms with Crippen molar-refractivity contribution >= 4 is 49.9 Å². The Morgan fingerprint density at radius 1 is 1.36 bits per heavy atom. The van der Waals surface area contributed by atoms with E-state index < -0.39 is 10.8 Å². The predicted molar refractivity (Wildman–Crippen MR) is 97.0 cm³/mol. The molecule has 1 amide bonds. The minimum atomic E-state index is -0.519. The summed E-state index contributed by atoms with van der Waals surface area (Å²) in [5, 5.41) is 14.5. The number of ether oxygens (including phenoxy) is 1. The van der Waals surface area contributed by atoms with Crippen LogP contribution in [0.25, 0.3) is 10.2 Å². The lowest BCUT2D eigenvalue weighted by molar-refractivity contribution is -0.385. The highest BCUT2D eigenvalue weighted by Crippen LogP contribution is 2.37. The number of halogens is 1. The maximum atomic E-state index is 12.5. The summed E-state index contributed by atoms with van der Waals surface area (Å²) in [7, 11) is 1.52. The normalized spacial score (nSPS) is 10.7. The molecule has 0 atom stereocenters. The van der Waals surface area contributed by atoms with Crippen LogP contribution in [0.1, 0.15) is 15.9 Å². The van der Waals surface area contributed by atoms with Crippen molar-refractivity contribution in [2.24, 2.45) is 0 Å². The molecule has 2 aromatic carbocycles. The van der Waals surface area contributed by atoms with Gasteiger partial charge in [-0.15, -0.1) is 0 Å². The van der Waals surface area contributed by atoms with Gasteiger partial charge in [0.2, 0.25) is 0 Å². The van der Waals surface area contributed by atoms with Gasteiger partial charge in [-0.25, -0.2) is 4.98 Å². The molecule has 0 fully saturated rings. The van der Waals surface area contributed by atoms with Gasteiger partial charge in [0, 0.05) is 17.2 Å². The summed E-state index contributed by atoms with van der Waals surface area (Å²) >= 11 is 7.36. The maximum absolute atomic E-state index is 12.5. The van der Waals surface area contributed by atoms with Gasteiger partial charge < -0.3 is 4.74 Å². The predicted octanol–water partition coefficient (Wildman–Crippen LogP) is 4.43. The van der Waals surface area contributed by atoms with E-state index in [2.05, 4.69) is 10.3 Å². The van der Waals surface area contributed by atoms with Gasteiger partial charge in [0.1, 0.15) is 11.3 Å². The Balaban J connectivity index is 1.97. The molecule has 9 heteroatoms. The minimum Gasteiger partial charge on any atom is -0.494 e. The molecule has 25 heavy (non-hydrogen) atoms. The van der Waals surface area contributed by atoms with Crippen molar-refractivity contribution in [2.75, 3.05) is 12.4 Å². The molecule has 128 valence electrons. The minimum absolute atomic E-state index is 0.110. The van der Waals surface area contributed by atoms with E-state index >= 15 is 0 Å². The molecule has 3 aromatic rings. The fraction of sp³-hybridized carbons (Fsp3) is 0.125. The zero-order chi connectivity index (χ0) is 18.1. The highest BCUT2D eigenvalue weighted by atomic mass is 35.5. The second kappa shape index (κ2) is 6.66. The maximum Gasteiger partial charge on any atom is 0.273 e. The standard InChI is InChI=1S/C16H12ClN3O4S/c1-8-9(4-3-5-11(8)20(22)23)15(21)19-16-18-13-12(24-2)7-6-10(17)14(13)25-16/h3-7H,1-2H3,(H,18,19,21). The van der Waals surface area contributed by atoms with Crippen molar-refractivity contribution in [2.45, 2.75) is 6.92 Å². The summed E-state index contributed by atoms with van der Waals surface area (Å²) in [6.07, 6.45) is 0. The van der Waals surface area contributed by atoms with Gasteiger partial charge in [-0.05, 0) is 25.1 Å². The molecule has 0 radical (unpaired) electrons. The highest BCUT2D eigenvalue weighted by Gasteiger charge is 2.20. The van der Waals surface area contributed by atoms with E-state index in [-0.39, 0.29) is 11.3 Å². The van der Waals surface area contributed by atoms with Crippen molar-refractivity contribution in [3.63, 3.8) is 0 Å². The van der Waals surface area contributed by atoms with Crippen LogP contribution in [0, 0.1) is 17.0 Å². The van der Waals surface area contributed by atoms with E-state index in [0.29, 0.717) is 31.7 Å². The monoisotopic (exact) mass is 377 g/mol. The smallest absolute Gasteiger partial charge is 0.273 e.